The molecule has 3 nitrogen and oxygen atoms in total. The molecule has 0 aliphatic carbocycles. The standard InChI is InChI=1S/Al.Li.H3O3P.Sb.6H/c;;1-4(2)3;;;;;;;/h;;4H,(H2,1,2,3);;;;;;;/q;+1;;;;;;;;-1. The monoisotopic (exact) mass is 243 g/mol. The number of hydrogen-bond donors (Lipinski definition) is 2. The maximum absolute atomic E-state index is 8.74. The zero-order valence-corrected chi connectivity index (χ0v) is 7.68. The molecule has 0 atom stereocenters. The van der Waals surface area contributed by atoms with E-state index in [9.17, 15) is 0 Å². The molecule has 0 spiro atoms. The molecule has 7 heteroatoms. The van der Waals surface area contributed by atoms with Crippen LogP contribution in [0.3, 0.4) is 0 Å². The summed E-state index contributed by atoms with van der Waals surface area (Å²) in [7, 11) is -3.13. The molecule has 2 N–H and O–H groups in total. The molecule has 0 saturated heterocycles. The Balaban J connectivity index is -0.00000000750. The Morgan fingerprint density at radius 3 is 1.43 bits per heavy atom. The van der Waals surface area contributed by atoms with Gasteiger partial charge in [0.2, 0.25) is 0 Å². The summed E-state index contributed by atoms with van der Waals surface area (Å²) in [5, 5.41) is 0. The Labute approximate surface area is 84.1 Å². The van der Waals surface area contributed by atoms with E-state index in [1.165, 1.54) is 0 Å². The third-order valence-electron chi connectivity index (χ3n) is 0. The predicted octanol–water partition coefficient (Wildman–Crippen LogP) is -5.62. The van der Waals surface area contributed by atoms with Gasteiger partial charge in [0.15, 0.2) is 17.4 Å². The van der Waals surface area contributed by atoms with Crippen molar-refractivity contribution in [1.82, 2.24) is 0 Å². The van der Waals surface area contributed by atoms with E-state index in [0.29, 0.717) is 0 Å². The van der Waals surface area contributed by atoms with Crippen molar-refractivity contribution in [3.05, 3.63) is 0 Å². The van der Waals surface area contributed by atoms with Gasteiger partial charge >= 0.3 is 51.5 Å². The van der Waals surface area contributed by atoms with Crippen molar-refractivity contribution < 1.29 is 34.6 Å². The fourth-order valence-corrected chi connectivity index (χ4v) is 0. The van der Waals surface area contributed by atoms with Crippen molar-refractivity contribution >= 4 is 50.0 Å². The van der Waals surface area contributed by atoms with E-state index in [4.69, 9.17) is 14.4 Å². The number of rotatable bonds is 0. The molecule has 7 heavy (non-hydrogen) atoms. The molecular weight excluding hydrogens is 235 g/mol. The van der Waals surface area contributed by atoms with Crippen LogP contribution in [-0.4, -0.2) is 51.6 Å². The predicted molar refractivity (Wildman–Crippen MR) is 33.0 cm³/mol. The summed E-state index contributed by atoms with van der Waals surface area (Å²) >= 11 is 0. The van der Waals surface area contributed by atoms with Crippen LogP contribution in [0.5, 0.6) is 0 Å². The van der Waals surface area contributed by atoms with E-state index in [1.807, 2.05) is 0 Å². The normalized spacial score (nSPS) is 5.00. The molecule has 0 fully saturated rings. The van der Waals surface area contributed by atoms with E-state index >= 15 is 0 Å². The van der Waals surface area contributed by atoms with Gasteiger partial charge in [-0.05, 0) is 0 Å². The first-order valence-electron chi connectivity index (χ1n) is 0.651. The SMILES string of the molecule is O=[PH](O)O.[AlH3].[H-].[Li+].[SbH2]. The van der Waals surface area contributed by atoms with Crippen molar-refractivity contribution in [3.63, 3.8) is 0 Å². The molecule has 0 unspecified atom stereocenters. The summed E-state index contributed by atoms with van der Waals surface area (Å²) in [5.41, 5.74) is 0. The van der Waals surface area contributed by atoms with Crippen molar-refractivity contribution in [2.75, 3.05) is 0 Å². The van der Waals surface area contributed by atoms with Gasteiger partial charge in [-0.3, -0.25) is 4.57 Å². The topological polar surface area (TPSA) is 57.5 Å². The molecule has 0 heterocycles. The van der Waals surface area contributed by atoms with Crippen molar-refractivity contribution in [2.45, 2.75) is 0 Å². The molecule has 0 aliphatic rings. The first-order valence-corrected chi connectivity index (χ1v) is 1.95. The zero-order chi connectivity index (χ0) is 3.58. The molecule has 0 rings (SSSR count). The second kappa shape index (κ2) is 15.7. The van der Waals surface area contributed by atoms with Crippen LogP contribution in [-0.2, 0) is 4.57 Å². The summed E-state index contributed by atoms with van der Waals surface area (Å²) in [6, 6.07) is 0. The summed E-state index contributed by atoms with van der Waals surface area (Å²) < 4.78 is 8.74. The van der Waals surface area contributed by atoms with Gasteiger partial charge in [0.05, 0.1) is 0 Å². The molecule has 41 valence electrons. The molecule has 0 saturated carbocycles. The van der Waals surface area contributed by atoms with Crippen LogP contribution >= 0.6 is 8.25 Å². The van der Waals surface area contributed by atoms with Gasteiger partial charge in [-0.1, -0.05) is 0 Å². The van der Waals surface area contributed by atoms with Crippen LogP contribution in [0.15, 0.2) is 0 Å². The summed E-state index contributed by atoms with van der Waals surface area (Å²) in [6.07, 6.45) is 0. The molecule has 1 radical (unpaired) electrons. The Morgan fingerprint density at radius 1 is 1.43 bits per heavy atom. The minimum atomic E-state index is -3.13. The fourth-order valence-electron chi connectivity index (χ4n) is 0. The van der Waals surface area contributed by atoms with Crippen molar-refractivity contribution in [3.8, 4) is 0 Å². The van der Waals surface area contributed by atoms with Crippen molar-refractivity contribution in [2.24, 2.45) is 0 Å². The average molecular weight is 244 g/mol. The van der Waals surface area contributed by atoms with Crippen LogP contribution in [0, 0.1) is 0 Å². The van der Waals surface area contributed by atoms with E-state index in [1.54, 1.807) is 0 Å². The Bertz CT molecular complexity index is 42.3. The van der Waals surface area contributed by atoms with Gasteiger partial charge in [0.1, 0.15) is 0 Å². The second-order valence-corrected chi connectivity index (χ2v) is 0.848. The van der Waals surface area contributed by atoms with E-state index in [0.717, 1.165) is 0 Å². The molecule has 0 amide bonds. The minimum absolute atomic E-state index is 0. The van der Waals surface area contributed by atoms with Crippen LogP contribution in [0.2, 0.25) is 0 Å². The molecule has 0 bridgehead atoms. The maximum atomic E-state index is 8.74. The Hall–Kier alpha value is 2.10. The Morgan fingerprint density at radius 2 is 1.43 bits per heavy atom. The van der Waals surface area contributed by atoms with Gasteiger partial charge in [-0.25, -0.2) is 0 Å². The van der Waals surface area contributed by atoms with Gasteiger partial charge in [-0.2, -0.15) is 0 Å². The molecule has 0 aromatic heterocycles. The van der Waals surface area contributed by atoms with Gasteiger partial charge < -0.3 is 11.2 Å². The van der Waals surface area contributed by atoms with Gasteiger partial charge in [0.25, 0.3) is 0 Å². The summed E-state index contributed by atoms with van der Waals surface area (Å²) in [4.78, 5) is 14.3. The Kier molecular flexibility index (Phi) is 51.5. The van der Waals surface area contributed by atoms with E-state index in [-0.39, 0.29) is 62.1 Å². The third kappa shape index (κ3) is 68.4. The molecule has 0 aromatic carbocycles. The first kappa shape index (κ1) is 23.0. The third-order valence-corrected chi connectivity index (χ3v) is 0. The van der Waals surface area contributed by atoms with Gasteiger partial charge in [0, 0.05) is 0 Å². The molecule has 0 aliphatic heterocycles. The molecular formula is H9AlLiO3PSb. The van der Waals surface area contributed by atoms with Crippen LogP contribution in [0.25, 0.3) is 0 Å². The van der Waals surface area contributed by atoms with E-state index < -0.39 is 8.25 Å². The molecule has 0 aromatic rings. The summed E-state index contributed by atoms with van der Waals surface area (Å²) in [6.45, 7) is 0. The first-order chi connectivity index (χ1) is 1.73. The average Bonchev–Trinajstić information content (AvgIpc) is 0.811. The second-order valence-electron chi connectivity index (χ2n) is 0.283. The van der Waals surface area contributed by atoms with Crippen LogP contribution in [0.1, 0.15) is 1.43 Å². The van der Waals surface area contributed by atoms with E-state index in [2.05, 4.69) is 0 Å². The quantitative estimate of drug-likeness (QED) is 0.330. The fraction of sp³-hybridized carbons (Fsp3) is 0. The van der Waals surface area contributed by atoms with Crippen LogP contribution < -0.4 is 18.9 Å². The van der Waals surface area contributed by atoms with Gasteiger partial charge in [-0.15, -0.1) is 0 Å². The number of hydrogen-bond acceptors (Lipinski definition) is 1. The van der Waals surface area contributed by atoms with Crippen molar-refractivity contribution in [1.29, 1.82) is 0 Å². The summed E-state index contributed by atoms with van der Waals surface area (Å²) in [5.74, 6) is 0. The zero-order valence-electron chi connectivity index (χ0n) is 4.38. The van der Waals surface area contributed by atoms with Crippen LogP contribution in [0.4, 0.5) is 0 Å².